The topological polar surface area (TPSA) is 18.5 Å². The van der Waals surface area contributed by atoms with Crippen molar-refractivity contribution in [1.29, 1.82) is 0 Å². The molecule has 0 N–H and O–H groups in total. The molecule has 0 aliphatic heterocycles. The van der Waals surface area contributed by atoms with E-state index in [9.17, 15) is 0 Å². The minimum atomic E-state index is -0.0918. The minimum Gasteiger partial charge on any atom is -0.377 e. The van der Waals surface area contributed by atoms with E-state index in [4.69, 9.17) is 9.47 Å². The number of rotatable bonds is 7. The zero-order chi connectivity index (χ0) is 12.1. The largest absolute Gasteiger partial charge is 0.377 e. The highest BCUT2D eigenvalue weighted by atomic mass is 16.5. The number of methoxy groups -OCH3 is 1. The van der Waals surface area contributed by atoms with Crippen molar-refractivity contribution >= 4 is 0 Å². The molecule has 0 aromatic carbocycles. The van der Waals surface area contributed by atoms with Gasteiger partial charge in [0.25, 0.3) is 0 Å². The van der Waals surface area contributed by atoms with E-state index in [2.05, 4.69) is 43.0 Å². The van der Waals surface area contributed by atoms with Crippen LogP contribution in [-0.2, 0) is 9.47 Å². The third kappa shape index (κ3) is 2.96. The SMILES string of the molecule is C=CCOC[C@@H]1C[C@]1(/C=C/C1C=CC=C1)OC. The highest BCUT2D eigenvalue weighted by Crippen LogP contribution is 2.48. The molecule has 2 nitrogen and oxygen atoms in total. The van der Waals surface area contributed by atoms with E-state index in [1.165, 1.54) is 0 Å². The summed E-state index contributed by atoms with van der Waals surface area (Å²) in [5.41, 5.74) is -0.0918. The molecule has 2 atom stereocenters. The Bertz CT molecular complexity index is 342. The summed E-state index contributed by atoms with van der Waals surface area (Å²) in [5, 5.41) is 0. The van der Waals surface area contributed by atoms with Crippen molar-refractivity contribution in [3.05, 3.63) is 49.1 Å². The standard InChI is InChI=1S/C15H20O2/c1-3-10-17-12-14-11-15(14,16-2)9-8-13-6-4-5-7-13/h3-9,13-14H,1,10-12H2,2H3/b9-8+/t14-,15-/m0/s1. The van der Waals surface area contributed by atoms with Crippen molar-refractivity contribution in [2.75, 3.05) is 20.3 Å². The third-order valence-electron chi connectivity index (χ3n) is 3.41. The predicted molar refractivity (Wildman–Crippen MR) is 69.8 cm³/mol. The molecule has 0 aromatic rings. The van der Waals surface area contributed by atoms with Crippen LogP contribution in [0.4, 0.5) is 0 Å². The maximum absolute atomic E-state index is 5.61. The highest BCUT2D eigenvalue weighted by Gasteiger charge is 2.52. The van der Waals surface area contributed by atoms with Gasteiger partial charge in [-0.15, -0.1) is 6.58 Å². The van der Waals surface area contributed by atoms with Crippen molar-refractivity contribution in [2.45, 2.75) is 12.0 Å². The number of hydrogen-bond acceptors (Lipinski definition) is 2. The van der Waals surface area contributed by atoms with Gasteiger partial charge in [-0.2, -0.15) is 0 Å². The van der Waals surface area contributed by atoms with Gasteiger partial charge in [0, 0.05) is 18.9 Å². The first-order valence-corrected chi connectivity index (χ1v) is 6.09. The maximum Gasteiger partial charge on any atom is 0.0914 e. The molecule has 0 aromatic heterocycles. The van der Waals surface area contributed by atoms with Crippen LogP contribution in [0.25, 0.3) is 0 Å². The van der Waals surface area contributed by atoms with Crippen LogP contribution in [0.1, 0.15) is 6.42 Å². The number of ether oxygens (including phenoxy) is 2. The van der Waals surface area contributed by atoms with E-state index in [1.807, 2.05) is 0 Å². The zero-order valence-electron chi connectivity index (χ0n) is 10.3. The Hall–Kier alpha value is -1.12. The van der Waals surface area contributed by atoms with Crippen molar-refractivity contribution in [3.8, 4) is 0 Å². The summed E-state index contributed by atoms with van der Waals surface area (Å²) in [5.74, 6) is 0.912. The molecule has 2 heteroatoms. The summed E-state index contributed by atoms with van der Waals surface area (Å²) in [6, 6.07) is 0. The fraction of sp³-hybridized carbons (Fsp3) is 0.467. The fourth-order valence-corrected chi connectivity index (χ4v) is 2.19. The molecule has 1 saturated carbocycles. The van der Waals surface area contributed by atoms with E-state index in [0.29, 0.717) is 18.4 Å². The van der Waals surface area contributed by atoms with Crippen molar-refractivity contribution in [2.24, 2.45) is 11.8 Å². The second kappa shape index (κ2) is 5.48. The molecule has 17 heavy (non-hydrogen) atoms. The Labute approximate surface area is 103 Å². The van der Waals surface area contributed by atoms with Gasteiger partial charge >= 0.3 is 0 Å². The molecule has 1 fully saturated rings. The number of hydrogen-bond donors (Lipinski definition) is 0. The van der Waals surface area contributed by atoms with E-state index in [0.717, 1.165) is 13.0 Å². The van der Waals surface area contributed by atoms with Crippen LogP contribution in [0, 0.1) is 11.8 Å². The monoisotopic (exact) mass is 232 g/mol. The van der Waals surface area contributed by atoms with E-state index in [1.54, 1.807) is 13.2 Å². The molecule has 0 spiro atoms. The Morgan fingerprint density at radius 1 is 1.41 bits per heavy atom. The lowest BCUT2D eigenvalue weighted by molar-refractivity contribution is 0.0748. The Kier molecular flexibility index (Phi) is 3.97. The molecule has 92 valence electrons. The van der Waals surface area contributed by atoms with Gasteiger partial charge in [0.1, 0.15) is 0 Å². The molecule has 0 saturated heterocycles. The van der Waals surface area contributed by atoms with E-state index < -0.39 is 0 Å². The highest BCUT2D eigenvalue weighted by molar-refractivity contribution is 5.26. The average Bonchev–Trinajstić information content (AvgIpc) is 2.80. The first kappa shape index (κ1) is 12.3. The van der Waals surface area contributed by atoms with Gasteiger partial charge in [0.2, 0.25) is 0 Å². The summed E-state index contributed by atoms with van der Waals surface area (Å²) in [6.45, 7) is 5.01. The van der Waals surface area contributed by atoms with Gasteiger partial charge in [-0.3, -0.25) is 0 Å². The van der Waals surface area contributed by atoms with Crippen molar-refractivity contribution in [1.82, 2.24) is 0 Å². The summed E-state index contributed by atoms with van der Waals surface area (Å²) >= 11 is 0. The summed E-state index contributed by atoms with van der Waals surface area (Å²) < 4.78 is 11.1. The van der Waals surface area contributed by atoms with Gasteiger partial charge in [0.15, 0.2) is 0 Å². The molecule has 0 radical (unpaired) electrons. The second-order valence-electron chi connectivity index (χ2n) is 4.59. The van der Waals surface area contributed by atoms with Crippen molar-refractivity contribution in [3.63, 3.8) is 0 Å². The quantitative estimate of drug-likeness (QED) is 0.496. The van der Waals surface area contributed by atoms with Crippen molar-refractivity contribution < 1.29 is 9.47 Å². The van der Waals surface area contributed by atoms with Crippen LogP contribution in [0.2, 0.25) is 0 Å². The van der Waals surface area contributed by atoms with Gasteiger partial charge in [-0.05, 0) is 6.42 Å². The smallest absolute Gasteiger partial charge is 0.0914 e. The molecule has 0 amide bonds. The summed E-state index contributed by atoms with van der Waals surface area (Å²) in [6.07, 6.45) is 15.7. The van der Waals surface area contributed by atoms with Gasteiger partial charge in [-0.25, -0.2) is 0 Å². The molecular formula is C15H20O2. The maximum atomic E-state index is 5.61. The first-order chi connectivity index (χ1) is 8.30. The molecule has 2 aliphatic carbocycles. The molecule has 2 aliphatic rings. The molecule has 0 bridgehead atoms. The van der Waals surface area contributed by atoms with Crippen LogP contribution in [-0.4, -0.2) is 25.9 Å². The second-order valence-corrected chi connectivity index (χ2v) is 4.59. The van der Waals surface area contributed by atoms with E-state index >= 15 is 0 Å². The molecule has 2 rings (SSSR count). The lowest BCUT2D eigenvalue weighted by Crippen LogP contribution is -2.15. The normalized spacial score (nSPS) is 31.5. The Balaban J connectivity index is 1.83. The average molecular weight is 232 g/mol. The minimum absolute atomic E-state index is 0.0918. The fourth-order valence-electron chi connectivity index (χ4n) is 2.19. The molecule has 0 unspecified atom stereocenters. The lowest BCUT2D eigenvalue weighted by atomic mass is 10.1. The van der Waals surface area contributed by atoms with Gasteiger partial charge < -0.3 is 9.47 Å². The molecular weight excluding hydrogens is 212 g/mol. The first-order valence-electron chi connectivity index (χ1n) is 6.09. The van der Waals surface area contributed by atoms with Crippen LogP contribution in [0.15, 0.2) is 49.1 Å². The number of allylic oxidation sites excluding steroid dienone is 5. The van der Waals surface area contributed by atoms with Gasteiger partial charge in [0.05, 0.1) is 18.8 Å². The Morgan fingerprint density at radius 3 is 2.82 bits per heavy atom. The lowest BCUT2D eigenvalue weighted by Gasteiger charge is -2.11. The summed E-state index contributed by atoms with van der Waals surface area (Å²) in [7, 11) is 1.78. The van der Waals surface area contributed by atoms with Crippen LogP contribution >= 0.6 is 0 Å². The van der Waals surface area contributed by atoms with E-state index in [-0.39, 0.29) is 5.60 Å². The van der Waals surface area contributed by atoms with Crippen LogP contribution in [0.5, 0.6) is 0 Å². The summed E-state index contributed by atoms with van der Waals surface area (Å²) in [4.78, 5) is 0. The van der Waals surface area contributed by atoms with Crippen LogP contribution < -0.4 is 0 Å². The van der Waals surface area contributed by atoms with Crippen LogP contribution in [0.3, 0.4) is 0 Å². The molecule has 0 heterocycles. The predicted octanol–water partition coefficient (Wildman–Crippen LogP) is 2.89. The van der Waals surface area contributed by atoms with Gasteiger partial charge in [-0.1, -0.05) is 42.5 Å². The third-order valence-corrected chi connectivity index (χ3v) is 3.41. The zero-order valence-corrected chi connectivity index (χ0v) is 10.3. The Morgan fingerprint density at radius 2 is 2.18 bits per heavy atom.